The molecule has 16 heavy (non-hydrogen) atoms. The van der Waals surface area contributed by atoms with Crippen LogP contribution < -0.4 is 16.2 Å². The third kappa shape index (κ3) is 5.11. The highest BCUT2D eigenvalue weighted by molar-refractivity contribution is 5.83. The van der Waals surface area contributed by atoms with Gasteiger partial charge in [0.15, 0.2) is 0 Å². The zero-order valence-corrected chi connectivity index (χ0v) is 9.12. The van der Waals surface area contributed by atoms with E-state index < -0.39 is 0 Å². The average Bonchev–Trinajstić information content (AvgIpc) is 2.28. The predicted octanol–water partition coefficient (Wildman–Crippen LogP) is -0.0565. The molecule has 0 fully saturated rings. The van der Waals surface area contributed by atoms with Crippen molar-refractivity contribution in [3.63, 3.8) is 0 Å². The van der Waals surface area contributed by atoms with E-state index in [0.717, 1.165) is 5.56 Å². The largest absolute Gasteiger partial charge is 0.347 e. The summed E-state index contributed by atoms with van der Waals surface area (Å²) < 4.78 is 0. The Morgan fingerprint density at radius 3 is 2.50 bits per heavy atom. The van der Waals surface area contributed by atoms with Gasteiger partial charge in [0, 0.05) is 13.5 Å². The Hall–Kier alpha value is -1.88. The molecular formula is C11H15N3O2. The highest BCUT2D eigenvalue weighted by Gasteiger charge is 2.00. The Labute approximate surface area is 94.2 Å². The van der Waals surface area contributed by atoms with Crippen LogP contribution in [0.2, 0.25) is 0 Å². The average molecular weight is 221 g/mol. The molecule has 0 spiro atoms. The van der Waals surface area contributed by atoms with E-state index in [0.29, 0.717) is 6.54 Å². The Bertz CT molecular complexity index is 352. The number of carbonyl (C=O) groups is 2. The third-order valence-electron chi connectivity index (χ3n) is 1.86. The van der Waals surface area contributed by atoms with Gasteiger partial charge in [0.2, 0.25) is 5.91 Å². The first-order chi connectivity index (χ1) is 7.68. The van der Waals surface area contributed by atoms with Crippen LogP contribution >= 0.6 is 0 Å². The minimum Gasteiger partial charge on any atom is -0.347 e. The lowest BCUT2D eigenvalue weighted by Gasteiger charge is -2.07. The lowest BCUT2D eigenvalue weighted by atomic mass is 10.2. The summed E-state index contributed by atoms with van der Waals surface area (Å²) in [5.41, 5.74) is 6.33. The standard InChI is InChI=1S/C11H15N3O2/c1-9(15)12-8-11(16)14-13-7-10-5-3-2-4-6-10/h2-6,13H,7-8H2,1H3,(H,12,15)(H,14,16). The summed E-state index contributed by atoms with van der Waals surface area (Å²) in [6.45, 7) is 1.90. The minimum atomic E-state index is -0.272. The van der Waals surface area contributed by atoms with Gasteiger partial charge in [-0.2, -0.15) is 0 Å². The SMILES string of the molecule is CC(=O)NCC(=O)NNCc1ccccc1. The summed E-state index contributed by atoms with van der Waals surface area (Å²) in [4.78, 5) is 21.7. The third-order valence-corrected chi connectivity index (χ3v) is 1.86. The van der Waals surface area contributed by atoms with E-state index in [1.165, 1.54) is 6.92 Å². The first kappa shape index (κ1) is 12.2. The van der Waals surface area contributed by atoms with Crippen LogP contribution in [-0.4, -0.2) is 18.4 Å². The topological polar surface area (TPSA) is 70.2 Å². The van der Waals surface area contributed by atoms with E-state index in [2.05, 4.69) is 16.2 Å². The van der Waals surface area contributed by atoms with Crippen LogP contribution in [0.1, 0.15) is 12.5 Å². The number of amides is 2. The lowest BCUT2D eigenvalue weighted by Crippen LogP contribution is -2.43. The maximum Gasteiger partial charge on any atom is 0.253 e. The molecule has 0 radical (unpaired) electrons. The van der Waals surface area contributed by atoms with Crippen LogP contribution in [0.15, 0.2) is 30.3 Å². The number of carbonyl (C=O) groups excluding carboxylic acids is 2. The number of benzene rings is 1. The van der Waals surface area contributed by atoms with Crippen molar-refractivity contribution in [3.05, 3.63) is 35.9 Å². The van der Waals surface area contributed by atoms with Crippen molar-refractivity contribution < 1.29 is 9.59 Å². The molecule has 1 aromatic rings. The quantitative estimate of drug-likeness (QED) is 0.610. The summed E-state index contributed by atoms with van der Waals surface area (Å²) in [7, 11) is 0. The van der Waals surface area contributed by atoms with Crippen molar-refractivity contribution in [2.24, 2.45) is 0 Å². The lowest BCUT2D eigenvalue weighted by molar-refractivity contribution is -0.125. The second-order valence-electron chi connectivity index (χ2n) is 3.30. The molecule has 0 bridgehead atoms. The Morgan fingerprint density at radius 1 is 1.19 bits per heavy atom. The molecule has 86 valence electrons. The van der Waals surface area contributed by atoms with Crippen LogP contribution in [-0.2, 0) is 16.1 Å². The van der Waals surface area contributed by atoms with Crippen molar-refractivity contribution >= 4 is 11.8 Å². The highest BCUT2D eigenvalue weighted by atomic mass is 16.2. The Morgan fingerprint density at radius 2 is 1.88 bits per heavy atom. The number of hydrogen-bond donors (Lipinski definition) is 3. The van der Waals surface area contributed by atoms with Gasteiger partial charge in [-0.05, 0) is 5.56 Å². The fraction of sp³-hybridized carbons (Fsp3) is 0.273. The van der Waals surface area contributed by atoms with E-state index in [1.54, 1.807) is 0 Å². The normalized spacial score (nSPS) is 9.56. The molecule has 0 aliphatic carbocycles. The summed E-state index contributed by atoms with van der Waals surface area (Å²) in [6, 6.07) is 9.69. The second kappa shape index (κ2) is 6.58. The molecule has 0 aliphatic heterocycles. The number of hydrazine groups is 1. The zero-order chi connectivity index (χ0) is 11.8. The molecule has 0 saturated carbocycles. The molecule has 1 rings (SSSR count). The zero-order valence-electron chi connectivity index (χ0n) is 9.12. The molecule has 0 atom stereocenters. The monoisotopic (exact) mass is 221 g/mol. The molecule has 0 saturated heterocycles. The van der Waals surface area contributed by atoms with Gasteiger partial charge in [-0.15, -0.1) is 0 Å². The second-order valence-corrected chi connectivity index (χ2v) is 3.30. The van der Waals surface area contributed by atoms with Gasteiger partial charge in [0.05, 0.1) is 6.54 Å². The van der Waals surface area contributed by atoms with Crippen molar-refractivity contribution in [2.75, 3.05) is 6.54 Å². The molecule has 1 aromatic carbocycles. The van der Waals surface area contributed by atoms with E-state index in [4.69, 9.17) is 0 Å². The number of hydrogen-bond acceptors (Lipinski definition) is 3. The maximum absolute atomic E-state index is 11.1. The van der Waals surface area contributed by atoms with E-state index in [9.17, 15) is 9.59 Å². The minimum absolute atomic E-state index is 0.0167. The van der Waals surface area contributed by atoms with Gasteiger partial charge in [0.1, 0.15) is 0 Å². The van der Waals surface area contributed by atoms with Crippen molar-refractivity contribution in [1.82, 2.24) is 16.2 Å². The summed E-state index contributed by atoms with van der Waals surface area (Å²) in [5.74, 6) is -0.496. The predicted molar refractivity (Wildman–Crippen MR) is 60.1 cm³/mol. The van der Waals surface area contributed by atoms with Gasteiger partial charge in [-0.3, -0.25) is 15.0 Å². The first-order valence-electron chi connectivity index (χ1n) is 4.98. The summed E-state index contributed by atoms with van der Waals surface area (Å²) in [5, 5.41) is 2.40. The van der Waals surface area contributed by atoms with E-state index >= 15 is 0 Å². The summed E-state index contributed by atoms with van der Waals surface area (Å²) >= 11 is 0. The maximum atomic E-state index is 11.1. The van der Waals surface area contributed by atoms with Crippen LogP contribution in [0.25, 0.3) is 0 Å². The molecule has 3 N–H and O–H groups in total. The molecule has 5 heteroatoms. The fourth-order valence-corrected chi connectivity index (χ4v) is 1.09. The first-order valence-corrected chi connectivity index (χ1v) is 4.98. The molecule has 0 heterocycles. The number of rotatable bonds is 5. The van der Waals surface area contributed by atoms with Crippen LogP contribution in [0, 0.1) is 0 Å². The van der Waals surface area contributed by atoms with Crippen LogP contribution in [0.5, 0.6) is 0 Å². The highest BCUT2D eigenvalue weighted by Crippen LogP contribution is 1.95. The Kier molecular flexibility index (Phi) is 5.01. The van der Waals surface area contributed by atoms with Crippen molar-refractivity contribution in [1.29, 1.82) is 0 Å². The van der Waals surface area contributed by atoms with E-state index in [-0.39, 0.29) is 18.4 Å². The van der Waals surface area contributed by atoms with Crippen molar-refractivity contribution in [2.45, 2.75) is 13.5 Å². The van der Waals surface area contributed by atoms with Crippen LogP contribution in [0.4, 0.5) is 0 Å². The van der Waals surface area contributed by atoms with Gasteiger partial charge < -0.3 is 5.32 Å². The smallest absolute Gasteiger partial charge is 0.253 e. The van der Waals surface area contributed by atoms with Gasteiger partial charge in [0.25, 0.3) is 5.91 Å². The Balaban J connectivity index is 2.16. The molecular weight excluding hydrogens is 206 g/mol. The molecule has 2 amide bonds. The van der Waals surface area contributed by atoms with Gasteiger partial charge in [-0.1, -0.05) is 30.3 Å². The molecule has 0 unspecified atom stereocenters. The fourth-order valence-electron chi connectivity index (χ4n) is 1.09. The summed E-state index contributed by atoms with van der Waals surface area (Å²) in [6.07, 6.45) is 0. The molecule has 0 aliphatic rings. The van der Waals surface area contributed by atoms with Crippen molar-refractivity contribution in [3.8, 4) is 0 Å². The molecule has 0 aromatic heterocycles. The van der Waals surface area contributed by atoms with Gasteiger partial charge in [-0.25, -0.2) is 5.43 Å². The van der Waals surface area contributed by atoms with Gasteiger partial charge >= 0.3 is 0 Å². The van der Waals surface area contributed by atoms with Crippen LogP contribution in [0.3, 0.4) is 0 Å². The molecule has 5 nitrogen and oxygen atoms in total. The number of nitrogens with one attached hydrogen (secondary N) is 3. The van der Waals surface area contributed by atoms with E-state index in [1.807, 2.05) is 30.3 Å².